The lowest BCUT2D eigenvalue weighted by atomic mass is 9.97. The van der Waals surface area contributed by atoms with Crippen LogP contribution in [0.15, 0.2) is 24.5 Å². The first kappa shape index (κ1) is 18.2. The van der Waals surface area contributed by atoms with Crippen molar-refractivity contribution in [1.82, 2.24) is 9.97 Å². The van der Waals surface area contributed by atoms with E-state index in [2.05, 4.69) is 9.97 Å². The van der Waals surface area contributed by atoms with Crippen LogP contribution < -0.4 is 4.90 Å². The van der Waals surface area contributed by atoms with Gasteiger partial charge in [-0.2, -0.15) is 13.2 Å². The summed E-state index contributed by atoms with van der Waals surface area (Å²) in [6, 6.07) is 3.83. The molecule has 0 amide bonds. The lowest BCUT2D eigenvalue weighted by molar-refractivity contribution is -0.137. The van der Waals surface area contributed by atoms with Crippen LogP contribution in [0.5, 0.6) is 0 Å². The lowest BCUT2D eigenvalue weighted by Crippen LogP contribution is -2.32. The van der Waals surface area contributed by atoms with Crippen LogP contribution in [0.2, 0.25) is 0 Å². The van der Waals surface area contributed by atoms with Crippen molar-refractivity contribution >= 4 is 11.8 Å². The molecule has 0 atom stereocenters. The van der Waals surface area contributed by atoms with Crippen LogP contribution in [-0.4, -0.2) is 29.1 Å². The van der Waals surface area contributed by atoms with Gasteiger partial charge in [-0.05, 0) is 43.5 Å². The van der Waals surface area contributed by atoms with Gasteiger partial charge in [0.2, 0.25) is 0 Å². The summed E-state index contributed by atoms with van der Waals surface area (Å²) in [6.07, 6.45) is -2.50. The average molecular weight is 365 g/mol. The number of halogens is 3. The molecule has 0 unspecified atom stereocenters. The maximum absolute atomic E-state index is 13.0. The number of ether oxygens (including phenoxy) is 1. The molecule has 138 valence electrons. The number of carbonyl (C=O) groups is 1. The Morgan fingerprint density at radius 2 is 2.04 bits per heavy atom. The fourth-order valence-electron chi connectivity index (χ4n) is 3.08. The van der Waals surface area contributed by atoms with E-state index in [0.29, 0.717) is 36.5 Å². The third-order valence-electron chi connectivity index (χ3n) is 4.37. The van der Waals surface area contributed by atoms with Crippen LogP contribution in [0, 0.1) is 6.92 Å². The van der Waals surface area contributed by atoms with Crippen molar-refractivity contribution in [3.05, 3.63) is 52.5 Å². The molecule has 0 aliphatic carbocycles. The van der Waals surface area contributed by atoms with Crippen molar-refractivity contribution in [3.8, 4) is 0 Å². The van der Waals surface area contributed by atoms with E-state index in [-0.39, 0.29) is 12.3 Å². The molecule has 1 aromatic heterocycles. The molecule has 1 aliphatic heterocycles. The molecule has 0 saturated carbocycles. The predicted octanol–water partition coefficient (Wildman–Crippen LogP) is 3.54. The maximum atomic E-state index is 13.0. The first-order valence-electron chi connectivity index (χ1n) is 8.24. The van der Waals surface area contributed by atoms with Gasteiger partial charge in [0, 0.05) is 18.7 Å². The van der Waals surface area contributed by atoms with Crippen molar-refractivity contribution < 1.29 is 22.7 Å². The molecule has 2 aromatic rings. The Morgan fingerprint density at radius 3 is 2.73 bits per heavy atom. The number of fused-ring (bicyclic) bond motifs is 1. The normalized spacial score (nSPS) is 14.1. The van der Waals surface area contributed by atoms with E-state index < -0.39 is 17.7 Å². The van der Waals surface area contributed by atoms with E-state index in [9.17, 15) is 18.0 Å². The molecule has 26 heavy (non-hydrogen) atoms. The minimum atomic E-state index is -4.38. The van der Waals surface area contributed by atoms with E-state index in [1.54, 1.807) is 13.8 Å². The number of benzene rings is 1. The maximum Gasteiger partial charge on any atom is 0.416 e. The fourth-order valence-corrected chi connectivity index (χ4v) is 3.08. The van der Waals surface area contributed by atoms with Crippen molar-refractivity contribution in [2.45, 2.75) is 33.0 Å². The summed E-state index contributed by atoms with van der Waals surface area (Å²) in [4.78, 5) is 22.1. The predicted molar refractivity (Wildman–Crippen MR) is 88.9 cm³/mol. The molecule has 0 N–H and O–H groups in total. The number of esters is 1. The highest BCUT2D eigenvalue weighted by molar-refractivity contribution is 5.90. The molecule has 3 rings (SSSR count). The topological polar surface area (TPSA) is 55.3 Å². The van der Waals surface area contributed by atoms with Crippen molar-refractivity contribution in [3.63, 3.8) is 0 Å². The molecule has 1 aromatic carbocycles. The van der Waals surface area contributed by atoms with Gasteiger partial charge in [0.05, 0.1) is 12.2 Å². The first-order valence-corrected chi connectivity index (χ1v) is 8.24. The van der Waals surface area contributed by atoms with Gasteiger partial charge in [0.15, 0.2) is 5.69 Å². The zero-order valence-corrected chi connectivity index (χ0v) is 14.4. The molecule has 0 spiro atoms. The Hall–Kier alpha value is -2.64. The zero-order chi connectivity index (χ0) is 18.9. The number of rotatable bonds is 3. The highest BCUT2D eigenvalue weighted by atomic mass is 19.4. The van der Waals surface area contributed by atoms with Gasteiger partial charge < -0.3 is 9.64 Å². The van der Waals surface area contributed by atoms with Crippen LogP contribution >= 0.6 is 0 Å². The summed E-state index contributed by atoms with van der Waals surface area (Å²) >= 11 is 0. The molecule has 1 aliphatic rings. The van der Waals surface area contributed by atoms with Gasteiger partial charge in [-0.3, -0.25) is 0 Å². The molecule has 0 bridgehead atoms. The van der Waals surface area contributed by atoms with Crippen LogP contribution in [0.25, 0.3) is 0 Å². The second-order valence-electron chi connectivity index (χ2n) is 6.04. The highest BCUT2D eigenvalue weighted by Gasteiger charge is 2.32. The Morgan fingerprint density at radius 1 is 1.27 bits per heavy atom. The molecule has 2 heterocycles. The zero-order valence-electron chi connectivity index (χ0n) is 14.4. The molecule has 0 radical (unpaired) electrons. The van der Waals surface area contributed by atoms with E-state index in [1.165, 1.54) is 18.5 Å². The molecule has 0 fully saturated rings. The van der Waals surface area contributed by atoms with E-state index in [0.717, 1.165) is 11.6 Å². The summed E-state index contributed by atoms with van der Waals surface area (Å²) < 4.78 is 43.9. The molecular weight excluding hydrogens is 347 g/mol. The highest BCUT2D eigenvalue weighted by Crippen LogP contribution is 2.33. The lowest BCUT2D eigenvalue weighted by Gasteiger charge is -2.31. The molecule has 0 saturated heterocycles. The van der Waals surface area contributed by atoms with Gasteiger partial charge in [0.1, 0.15) is 12.1 Å². The molecular formula is C18H18F3N3O2. The van der Waals surface area contributed by atoms with Crippen molar-refractivity contribution in [1.29, 1.82) is 0 Å². The summed E-state index contributed by atoms with van der Waals surface area (Å²) in [5.74, 6) is -0.00321. The van der Waals surface area contributed by atoms with Crippen LogP contribution in [0.4, 0.5) is 19.0 Å². The Kier molecular flexibility index (Phi) is 4.84. The fraction of sp³-hybridized carbons (Fsp3) is 0.389. The van der Waals surface area contributed by atoms with E-state index >= 15 is 0 Å². The second kappa shape index (κ2) is 6.93. The monoisotopic (exact) mass is 365 g/mol. The molecule has 5 nitrogen and oxygen atoms in total. The largest absolute Gasteiger partial charge is 0.461 e. The van der Waals surface area contributed by atoms with E-state index in [4.69, 9.17) is 4.74 Å². The smallest absolute Gasteiger partial charge is 0.416 e. The third kappa shape index (κ3) is 3.49. The minimum absolute atomic E-state index is 0.173. The standard InChI is InChI=1S/C18H18F3N3O2/c1-3-26-17(25)15-11(2)16(23-10-22-15)24-7-6-12-4-5-14(18(19,20)21)8-13(12)9-24/h4-5,8,10H,3,6-7,9H2,1-2H3. The number of carbonyl (C=O) groups excluding carboxylic acids is 1. The Labute approximate surface area is 148 Å². The molecule has 8 heteroatoms. The third-order valence-corrected chi connectivity index (χ3v) is 4.37. The second-order valence-corrected chi connectivity index (χ2v) is 6.04. The summed E-state index contributed by atoms with van der Waals surface area (Å²) in [5.41, 5.74) is 1.58. The van der Waals surface area contributed by atoms with Gasteiger partial charge >= 0.3 is 12.1 Å². The Bertz CT molecular complexity index is 837. The number of alkyl halides is 3. The van der Waals surface area contributed by atoms with Gasteiger partial charge in [-0.25, -0.2) is 14.8 Å². The van der Waals surface area contributed by atoms with Crippen LogP contribution in [-0.2, 0) is 23.9 Å². The average Bonchev–Trinajstić information content (AvgIpc) is 2.60. The number of nitrogens with zero attached hydrogens (tertiary/aromatic N) is 3. The summed E-state index contributed by atoms with van der Waals surface area (Å²) in [6.45, 7) is 4.53. The summed E-state index contributed by atoms with van der Waals surface area (Å²) in [5, 5.41) is 0. The van der Waals surface area contributed by atoms with Crippen LogP contribution in [0.1, 0.15) is 39.7 Å². The number of hydrogen-bond acceptors (Lipinski definition) is 5. The number of aromatic nitrogens is 2. The van der Waals surface area contributed by atoms with Gasteiger partial charge in [-0.1, -0.05) is 6.07 Å². The number of anilines is 1. The number of hydrogen-bond donors (Lipinski definition) is 0. The van der Waals surface area contributed by atoms with Crippen molar-refractivity contribution in [2.75, 3.05) is 18.1 Å². The van der Waals surface area contributed by atoms with Gasteiger partial charge in [-0.15, -0.1) is 0 Å². The van der Waals surface area contributed by atoms with E-state index in [1.807, 2.05) is 4.90 Å². The first-order chi connectivity index (χ1) is 12.3. The van der Waals surface area contributed by atoms with Gasteiger partial charge in [0.25, 0.3) is 0 Å². The minimum Gasteiger partial charge on any atom is -0.461 e. The SMILES string of the molecule is CCOC(=O)c1ncnc(N2CCc3ccc(C(F)(F)F)cc3C2)c1C. The Balaban J connectivity index is 1.91. The van der Waals surface area contributed by atoms with Crippen molar-refractivity contribution in [2.24, 2.45) is 0 Å². The quantitative estimate of drug-likeness (QED) is 0.779. The van der Waals surface area contributed by atoms with Crippen LogP contribution in [0.3, 0.4) is 0 Å². The summed E-state index contributed by atoms with van der Waals surface area (Å²) in [7, 11) is 0.